The molecule has 0 saturated heterocycles. The lowest BCUT2D eigenvalue weighted by atomic mass is 10.1. The molecule has 0 aromatic heterocycles. The summed E-state index contributed by atoms with van der Waals surface area (Å²) in [5.41, 5.74) is -0.671. The minimum Gasteiger partial charge on any atom is -0.480 e. The van der Waals surface area contributed by atoms with Gasteiger partial charge >= 0.3 is 11.9 Å². The van der Waals surface area contributed by atoms with Crippen LogP contribution in [0.15, 0.2) is 53.4 Å². The van der Waals surface area contributed by atoms with E-state index in [0.29, 0.717) is 4.31 Å². The van der Waals surface area contributed by atoms with Crippen LogP contribution in [0, 0.1) is 5.82 Å². The molecule has 0 aliphatic carbocycles. The molecule has 2 aromatic rings. The SMILES string of the molecule is CC(C(=O)O)N(c1ccccc1C(=O)O)S(=O)(=O)c1ccc(F)cc1. The Labute approximate surface area is 143 Å². The van der Waals surface area contributed by atoms with Gasteiger partial charge in [-0.2, -0.15) is 0 Å². The van der Waals surface area contributed by atoms with Crippen molar-refractivity contribution < 1.29 is 32.6 Å². The fourth-order valence-corrected chi connectivity index (χ4v) is 3.85. The number of halogens is 1. The molecular formula is C16H14FNO6S. The summed E-state index contributed by atoms with van der Waals surface area (Å²) in [7, 11) is -4.45. The molecule has 9 heteroatoms. The first-order valence-corrected chi connectivity index (χ1v) is 8.45. The summed E-state index contributed by atoms with van der Waals surface area (Å²) < 4.78 is 39.4. The summed E-state index contributed by atoms with van der Waals surface area (Å²) in [6.45, 7) is 1.11. The number of anilines is 1. The molecule has 1 atom stereocenters. The fraction of sp³-hybridized carbons (Fsp3) is 0.125. The summed E-state index contributed by atoms with van der Waals surface area (Å²) in [4.78, 5) is 22.5. The standard InChI is InChI=1S/C16H14FNO6S/c1-10(15(19)20)18(14-5-3-2-4-13(14)16(21)22)25(23,24)12-8-6-11(17)7-9-12/h2-10H,1H3,(H,19,20)(H,21,22). The average Bonchev–Trinajstić information content (AvgIpc) is 2.55. The van der Waals surface area contributed by atoms with Gasteiger partial charge in [0.1, 0.15) is 11.9 Å². The van der Waals surface area contributed by atoms with Gasteiger partial charge < -0.3 is 10.2 Å². The number of benzene rings is 2. The Balaban J connectivity index is 2.72. The summed E-state index contributed by atoms with van der Waals surface area (Å²) in [5.74, 6) is -3.54. The summed E-state index contributed by atoms with van der Waals surface area (Å²) in [5, 5.41) is 18.6. The molecule has 2 rings (SSSR count). The van der Waals surface area contributed by atoms with Gasteiger partial charge in [-0.1, -0.05) is 12.1 Å². The Bertz CT molecular complexity index is 910. The molecule has 0 radical (unpaired) electrons. The number of hydrogen-bond donors (Lipinski definition) is 2. The van der Waals surface area contributed by atoms with Crippen LogP contribution in [0.25, 0.3) is 0 Å². The molecule has 2 aromatic carbocycles. The molecular weight excluding hydrogens is 353 g/mol. The maximum absolute atomic E-state index is 13.1. The molecule has 0 spiro atoms. The van der Waals surface area contributed by atoms with Gasteiger partial charge in [-0.05, 0) is 43.3 Å². The first kappa shape index (κ1) is 18.4. The van der Waals surface area contributed by atoms with E-state index < -0.39 is 33.8 Å². The van der Waals surface area contributed by atoms with E-state index in [2.05, 4.69) is 0 Å². The number of para-hydroxylation sites is 1. The third-order valence-electron chi connectivity index (χ3n) is 3.45. The van der Waals surface area contributed by atoms with Gasteiger partial charge in [-0.15, -0.1) is 0 Å². The van der Waals surface area contributed by atoms with Crippen LogP contribution >= 0.6 is 0 Å². The Morgan fingerprint density at radius 3 is 2.12 bits per heavy atom. The maximum Gasteiger partial charge on any atom is 0.337 e. The highest BCUT2D eigenvalue weighted by atomic mass is 32.2. The number of aliphatic carboxylic acids is 1. The van der Waals surface area contributed by atoms with Crippen LogP contribution < -0.4 is 4.31 Å². The second-order valence-corrected chi connectivity index (χ2v) is 6.91. The normalized spacial score (nSPS) is 12.4. The molecule has 0 heterocycles. The van der Waals surface area contributed by atoms with Crippen molar-refractivity contribution in [3.8, 4) is 0 Å². The highest BCUT2D eigenvalue weighted by molar-refractivity contribution is 7.93. The van der Waals surface area contributed by atoms with Crippen molar-refractivity contribution in [3.63, 3.8) is 0 Å². The van der Waals surface area contributed by atoms with Crippen molar-refractivity contribution in [2.45, 2.75) is 17.9 Å². The van der Waals surface area contributed by atoms with Crippen molar-refractivity contribution in [3.05, 3.63) is 59.9 Å². The van der Waals surface area contributed by atoms with Crippen molar-refractivity contribution in [1.29, 1.82) is 0 Å². The molecule has 2 N–H and O–H groups in total. The van der Waals surface area contributed by atoms with Crippen LogP contribution in [0.3, 0.4) is 0 Å². The summed E-state index contributed by atoms with van der Waals surface area (Å²) >= 11 is 0. The maximum atomic E-state index is 13.1. The van der Waals surface area contributed by atoms with Gasteiger partial charge in [0, 0.05) is 0 Å². The number of carboxylic acid groups (broad SMARTS) is 2. The van der Waals surface area contributed by atoms with E-state index in [0.717, 1.165) is 31.2 Å². The number of rotatable bonds is 6. The smallest absolute Gasteiger partial charge is 0.337 e. The number of sulfonamides is 1. The third kappa shape index (κ3) is 3.61. The number of carboxylic acids is 2. The topological polar surface area (TPSA) is 112 Å². The lowest BCUT2D eigenvalue weighted by Crippen LogP contribution is -2.44. The van der Waals surface area contributed by atoms with Gasteiger partial charge in [0.25, 0.3) is 10.0 Å². The zero-order chi connectivity index (χ0) is 18.8. The van der Waals surface area contributed by atoms with E-state index in [1.165, 1.54) is 24.3 Å². The first-order valence-electron chi connectivity index (χ1n) is 7.01. The van der Waals surface area contributed by atoms with Gasteiger partial charge in [-0.25, -0.2) is 22.4 Å². The minimum absolute atomic E-state index is 0.297. The zero-order valence-corrected chi connectivity index (χ0v) is 13.8. The van der Waals surface area contributed by atoms with Crippen LogP contribution in [0.5, 0.6) is 0 Å². The molecule has 132 valence electrons. The lowest BCUT2D eigenvalue weighted by molar-refractivity contribution is -0.137. The van der Waals surface area contributed by atoms with Crippen LogP contribution in [0.2, 0.25) is 0 Å². The van der Waals surface area contributed by atoms with E-state index in [1.807, 2.05) is 0 Å². The molecule has 0 fully saturated rings. The van der Waals surface area contributed by atoms with Gasteiger partial charge in [0.05, 0.1) is 16.1 Å². The Hall–Kier alpha value is -2.94. The van der Waals surface area contributed by atoms with Gasteiger partial charge in [0.2, 0.25) is 0 Å². The van der Waals surface area contributed by atoms with E-state index in [9.17, 15) is 32.6 Å². The highest BCUT2D eigenvalue weighted by Gasteiger charge is 2.35. The number of nitrogens with zero attached hydrogens (tertiary/aromatic N) is 1. The van der Waals surface area contributed by atoms with Crippen molar-refractivity contribution in [1.82, 2.24) is 0 Å². The molecule has 0 bridgehead atoms. The first-order chi connectivity index (χ1) is 11.7. The number of carbonyl (C=O) groups is 2. The second-order valence-electron chi connectivity index (χ2n) is 5.09. The molecule has 0 aliphatic heterocycles. The summed E-state index contributed by atoms with van der Waals surface area (Å²) in [6, 6.07) is 7.36. The van der Waals surface area contributed by atoms with Crippen LogP contribution in [-0.4, -0.2) is 36.6 Å². The largest absolute Gasteiger partial charge is 0.480 e. The number of hydrogen-bond acceptors (Lipinski definition) is 4. The van der Waals surface area contributed by atoms with E-state index >= 15 is 0 Å². The Morgan fingerprint density at radius 2 is 1.60 bits per heavy atom. The van der Waals surface area contributed by atoms with Crippen molar-refractivity contribution in [2.75, 3.05) is 4.31 Å². The van der Waals surface area contributed by atoms with Gasteiger partial charge in [0.15, 0.2) is 0 Å². The third-order valence-corrected chi connectivity index (χ3v) is 5.35. The Morgan fingerprint density at radius 1 is 1.04 bits per heavy atom. The number of aromatic carboxylic acids is 1. The Kier molecular flexibility index (Phi) is 5.07. The lowest BCUT2D eigenvalue weighted by Gasteiger charge is -2.29. The molecule has 0 aliphatic rings. The van der Waals surface area contributed by atoms with Crippen molar-refractivity contribution in [2.24, 2.45) is 0 Å². The minimum atomic E-state index is -4.45. The quantitative estimate of drug-likeness (QED) is 0.809. The molecule has 1 unspecified atom stereocenters. The molecule has 0 amide bonds. The highest BCUT2D eigenvalue weighted by Crippen LogP contribution is 2.29. The van der Waals surface area contributed by atoms with E-state index in [4.69, 9.17) is 0 Å². The van der Waals surface area contributed by atoms with E-state index in [-0.39, 0.29) is 16.1 Å². The van der Waals surface area contributed by atoms with Crippen molar-refractivity contribution >= 4 is 27.6 Å². The zero-order valence-electron chi connectivity index (χ0n) is 13.0. The van der Waals surface area contributed by atoms with Crippen LogP contribution in [0.1, 0.15) is 17.3 Å². The second kappa shape index (κ2) is 6.89. The average molecular weight is 367 g/mol. The fourth-order valence-electron chi connectivity index (χ4n) is 2.21. The monoisotopic (exact) mass is 367 g/mol. The predicted octanol–water partition coefficient (Wildman–Crippen LogP) is 2.19. The van der Waals surface area contributed by atoms with Crippen LogP contribution in [0.4, 0.5) is 10.1 Å². The predicted molar refractivity (Wildman–Crippen MR) is 86.6 cm³/mol. The van der Waals surface area contributed by atoms with Crippen LogP contribution in [-0.2, 0) is 14.8 Å². The molecule has 25 heavy (non-hydrogen) atoms. The summed E-state index contributed by atoms with van der Waals surface area (Å²) in [6.07, 6.45) is 0. The van der Waals surface area contributed by atoms with Gasteiger partial charge in [-0.3, -0.25) is 4.31 Å². The molecule has 0 saturated carbocycles. The molecule has 7 nitrogen and oxygen atoms in total. The van der Waals surface area contributed by atoms with E-state index in [1.54, 1.807) is 0 Å².